The number of carbonyl (C=O) groups excluding carboxylic acids is 1. The van der Waals surface area contributed by atoms with Gasteiger partial charge in [-0.05, 0) is 64.4 Å². The highest BCUT2D eigenvalue weighted by Gasteiger charge is 2.32. The van der Waals surface area contributed by atoms with Gasteiger partial charge in [0.1, 0.15) is 11.4 Å². The average Bonchev–Trinajstić information content (AvgIpc) is 2.67. The number of carbonyl (C=O) groups is 1. The number of hydrogen-bond acceptors (Lipinski definition) is 6. The van der Waals surface area contributed by atoms with Crippen LogP contribution < -0.4 is 10.2 Å². The maximum Gasteiger partial charge on any atom is 0.410 e. The summed E-state index contributed by atoms with van der Waals surface area (Å²) in [6.45, 7) is 9.47. The van der Waals surface area contributed by atoms with E-state index in [1.807, 2.05) is 45.0 Å². The van der Waals surface area contributed by atoms with Gasteiger partial charge >= 0.3 is 6.09 Å². The van der Waals surface area contributed by atoms with Gasteiger partial charge in [0, 0.05) is 39.4 Å². The second-order valence-corrected chi connectivity index (χ2v) is 8.62. The van der Waals surface area contributed by atoms with Crippen molar-refractivity contribution in [3.63, 3.8) is 0 Å². The number of amides is 1. The fraction of sp³-hybridized carbons (Fsp3) is 0.750. The lowest BCUT2D eigenvalue weighted by molar-refractivity contribution is 0.0152. The van der Waals surface area contributed by atoms with Gasteiger partial charge < -0.3 is 19.9 Å². The fourth-order valence-electron chi connectivity index (χ4n) is 4.13. The number of piperidine rings is 2. The summed E-state index contributed by atoms with van der Waals surface area (Å²) in [6, 6.07) is 1.99. The molecule has 0 bridgehead atoms. The summed E-state index contributed by atoms with van der Waals surface area (Å²) in [5, 5.41) is 3.00. The molecule has 1 N–H and O–H groups in total. The maximum absolute atomic E-state index is 12.2. The molecule has 2 fully saturated rings. The molecule has 0 aromatic carbocycles. The summed E-state index contributed by atoms with van der Waals surface area (Å²) in [5.74, 6) is 3.13. The van der Waals surface area contributed by atoms with Gasteiger partial charge in [0.05, 0.1) is 0 Å². The smallest absolute Gasteiger partial charge is 0.410 e. The van der Waals surface area contributed by atoms with Gasteiger partial charge in [-0.25, -0.2) is 9.78 Å². The van der Waals surface area contributed by atoms with Crippen molar-refractivity contribution in [3.05, 3.63) is 12.3 Å². The number of rotatable bonds is 3. The lowest BCUT2D eigenvalue weighted by atomic mass is 9.79. The van der Waals surface area contributed by atoms with Crippen molar-refractivity contribution in [2.24, 2.45) is 11.8 Å². The highest BCUT2D eigenvalue weighted by atomic mass is 16.6. The molecule has 2 aliphatic rings. The molecule has 2 saturated heterocycles. The Morgan fingerprint density at radius 2 is 1.70 bits per heavy atom. The molecule has 0 aliphatic carbocycles. The van der Waals surface area contributed by atoms with Crippen molar-refractivity contribution in [3.8, 4) is 0 Å². The van der Waals surface area contributed by atoms with Gasteiger partial charge in [0.2, 0.25) is 5.95 Å². The Hall–Kier alpha value is -2.05. The molecule has 27 heavy (non-hydrogen) atoms. The van der Waals surface area contributed by atoms with Crippen molar-refractivity contribution in [2.75, 3.05) is 43.4 Å². The van der Waals surface area contributed by atoms with E-state index in [-0.39, 0.29) is 6.09 Å². The number of nitrogens with one attached hydrogen (secondary N) is 1. The lowest BCUT2D eigenvalue weighted by Gasteiger charge is -2.40. The van der Waals surface area contributed by atoms with Crippen LogP contribution >= 0.6 is 0 Å². The Morgan fingerprint density at radius 3 is 2.26 bits per heavy atom. The molecule has 0 saturated carbocycles. The van der Waals surface area contributed by atoms with Crippen LogP contribution in [-0.2, 0) is 4.74 Å². The topological polar surface area (TPSA) is 70.6 Å². The van der Waals surface area contributed by atoms with Crippen molar-refractivity contribution in [2.45, 2.75) is 52.1 Å². The Kier molecular flexibility index (Phi) is 6.07. The molecule has 150 valence electrons. The van der Waals surface area contributed by atoms with Gasteiger partial charge in [-0.1, -0.05) is 0 Å². The third-order valence-electron chi connectivity index (χ3n) is 5.59. The molecule has 0 radical (unpaired) electrons. The van der Waals surface area contributed by atoms with E-state index in [2.05, 4.69) is 20.2 Å². The number of likely N-dealkylation sites (tertiary alicyclic amines) is 1. The summed E-state index contributed by atoms with van der Waals surface area (Å²) < 4.78 is 5.50. The number of hydrogen-bond donors (Lipinski definition) is 1. The molecular formula is C20H33N5O2. The molecule has 3 heterocycles. The first-order chi connectivity index (χ1) is 12.9. The zero-order chi connectivity index (χ0) is 19.4. The van der Waals surface area contributed by atoms with Crippen molar-refractivity contribution in [1.29, 1.82) is 0 Å². The summed E-state index contributed by atoms with van der Waals surface area (Å²) in [6.07, 6.45) is 6.20. The predicted octanol–water partition coefficient (Wildman–Crippen LogP) is 3.38. The highest BCUT2D eigenvalue weighted by Crippen LogP contribution is 2.34. The van der Waals surface area contributed by atoms with Crippen LogP contribution in [0.3, 0.4) is 0 Å². The van der Waals surface area contributed by atoms with Crippen LogP contribution in [0.1, 0.15) is 46.5 Å². The first-order valence-corrected chi connectivity index (χ1v) is 10.1. The summed E-state index contributed by atoms with van der Waals surface area (Å²) >= 11 is 0. The van der Waals surface area contributed by atoms with Crippen LogP contribution in [0.15, 0.2) is 12.3 Å². The third kappa shape index (κ3) is 5.23. The number of nitrogens with zero attached hydrogens (tertiary/aromatic N) is 4. The van der Waals surface area contributed by atoms with Crippen molar-refractivity contribution < 1.29 is 9.53 Å². The fourth-order valence-corrected chi connectivity index (χ4v) is 4.13. The van der Waals surface area contributed by atoms with Gasteiger partial charge in [0.25, 0.3) is 0 Å². The van der Waals surface area contributed by atoms with Crippen LogP contribution in [0.4, 0.5) is 16.6 Å². The summed E-state index contributed by atoms with van der Waals surface area (Å²) in [7, 11) is 1.84. The van der Waals surface area contributed by atoms with Gasteiger partial charge in [-0.3, -0.25) is 0 Å². The molecule has 0 unspecified atom stereocenters. The van der Waals surface area contributed by atoms with E-state index in [0.717, 1.165) is 50.8 Å². The molecule has 1 amide bonds. The molecule has 2 aliphatic heterocycles. The largest absolute Gasteiger partial charge is 0.444 e. The first-order valence-electron chi connectivity index (χ1n) is 10.1. The highest BCUT2D eigenvalue weighted by molar-refractivity contribution is 5.68. The van der Waals surface area contributed by atoms with E-state index >= 15 is 0 Å². The Morgan fingerprint density at radius 1 is 1.11 bits per heavy atom. The standard InChI is InChI=1S/C20H33N5O2/c1-20(2,3)27-19(26)25-13-8-16(9-14-25)15-6-11-24(12-7-15)17-5-10-22-18(21-4)23-17/h5,10,15-16H,6-9,11-14H2,1-4H3,(H,21,22,23). The molecule has 7 heteroatoms. The molecule has 1 aromatic heterocycles. The van der Waals surface area contributed by atoms with Crippen LogP contribution in [-0.4, -0.2) is 59.8 Å². The van der Waals surface area contributed by atoms with E-state index < -0.39 is 5.60 Å². The van der Waals surface area contributed by atoms with Gasteiger partial charge in [-0.2, -0.15) is 4.98 Å². The number of aromatic nitrogens is 2. The molecule has 0 atom stereocenters. The van der Waals surface area contributed by atoms with E-state index in [9.17, 15) is 4.79 Å². The molecule has 1 aromatic rings. The second-order valence-electron chi connectivity index (χ2n) is 8.62. The molecular weight excluding hydrogens is 342 g/mol. The van der Waals surface area contributed by atoms with Crippen LogP contribution in [0.5, 0.6) is 0 Å². The Balaban J connectivity index is 1.46. The Labute approximate surface area is 162 Å². The van der Waals surface area contributed by atoms with Crippen LogP contribution in [0.2, 0.25) is 0 Å². The summed E-state index contributed by atoms with van der Waals surface area (Å²) in [4.78, 5) is 25.2. The zero-order valence-corrected chi connectivity index (χ0v) is 17.1. The predicted molar refractivity (Wildman–Crippen MR) is 107 cm³/mol. The van der Waals surface area contributed by atoms with Crippen molar-refractivity contribution >= 4 is 17.9 Å². The maximum atomic E-state index is 12.2. The van der Waals surface area contributed by atoms with Crippen LogP contribution in [0, 0.1) is 11.8 Å². The average molecular weight is 376 g/mol. The molecule has 3 rings (SSSR count). The SMILES string of the molecule is CNc1nccc(N2CCC(C3CCN(C(=O)OC(C)(C)C)CC3)CC2)n1. The zero-order valence-electron chi connectivity index (χ0n) is 17.1. The normalized spacial score (nSPS) is 19.9. The van der Waals surface area contributed by atoms with Gasteiger partial charge in [-0.15, -0.1) is 0 Å². The minimum atomic E-state index is -0.422. The van der Waals surface area contributed by atoms with Crippen molar-refractivity contribution in [1.82, 2.24) is 14.9 Å². The lowest BCUT2D eigenvalue weighted by Crippen LogP contribution is -2.44. The number of ether oxygens (including phenoxy) is 1. The second kappa shape index (κ2) is 8.31. The first kappa shape index (κ1) is 19.7. The monoisotopic (exact) mass is 375 g/mol. The van der Waals surface area contributed by atoms with E-state index in [4.69, 9.17) is 4.74 Å². The Bertz CT molecular complexity index is 630. The summed E-state index contributed by atoms with van der Waals surface area (Å²) in [5.41, 5.74) is -0.422. The van der Waals surface area contributed by atoms with Gasteiger partial charge in [0.15, 0.2) is 0 Å². The van der Waals surface area contributed by atoms with E-state index in [1.54, 1.807) is 0 Å². The number of anilines is 2. The minimum Gasteiger partial charge on any atom is -0.444 e. The molecule has 0 spiro atoms. The van der Waals surface area contributed by atoms with E-state index in [0.29, 0.717) is 11.9 Å². The van der Waals surface area contributed by atoms with Crippen LogP contribution in [0.25, 0.3) is 0 Å². The minimum absolute atomic E-state index is 0.167. The third-order valence-corrected chi connectivity index (χ3v) is 5.59. The quantitative estimate of drug-likeness (QED) is 0.873. The molecule has 7 nitrogen and oxygen atoms in total. The van der Waals surface area contributed by atoms with E-state index in [1.165, 1.54) is 12.8 Å².